The van der Waals surface area contributed by atoms with Crippen molar-refractivity contribution < 1.29 is 8.78 Å². The van der Waals surface area contributed by atoms with Gasteiger partial charge in [0.1, 0.15) is 5.82 Å². The lowest BCUT2D eigenvalue weighted by Crippen LogP contribution is -1.97. The smallest absolute Gasteiger partial charge is 0.153 e. The third-order valence-corrected chi connectivity index (χ3v) is 1.91. The summed E-state index contributed by atoms with van der Waals surface area (Å²) in [7, 11) is 0. The first-order valence-electron chi connectivity index (χ1n) is 2.95. The van der Waals surface area contributed by atoms with Crippen molar-refractivity contribution in [1.29, 1.82) is 0 Å². The second kappa shape index (κ2) is 3.17. The average molecular weight is 222 g/mol. The molecule has 11 heavy (non-hydrogen) atoms. The van der Waals surface area contributed by atoms with Crippen LogP contribution in [-0.4, -0.2) is 0 Å². The number of anilines is 1. The highest BCUT2D eigenvalue weighted by Crippen LogP contribution is 2.20. The van der Waals surface area contributed by atoms with Gasteiger partial charge in [0, 0.05) is 10.9 Å². The van der Waals surface area contributed by atoms with Gasteiger partial charge in [-0.05, 0) is 12.1 Å². The van der Waals surface area contributed by atoms with E-state index in [0.29, 0.717) is 0 Å². The SMILES string of the molecule is Nc1ccc(F)c(CBr)c1F. The molecule has 0 aromatic heterocycles. The van der Waals surface area contributed by atoms with Gasteiger partial charge in [0.05, 0.1) is 5.69 Å². The Hall–Kier alpha value is -0.640. The Bertz CT molecular complexity index is 275. The van der Waals surface area contributed by atoms with Crippen molar-refractivity contribution in [2.75, 3.05) is 5.73 Å². The number of alkyl halides is 1. The fourth-order valence-electron chi connectivity index (χ4n) is 0.738. The van der Waals surface area contributed by atoms with E-state index in [4.69, 9.17) is 5.73 Å². The number of nitrogen functional groups attached to an aromatic ring is 1. The minimum Gasteiger partial charge on any atom is -0.396 e. The molecular formula is C7H6BrF2N. The van der Waals surface area contributed by atoms with Gasteiger partial charge < -0.3 is 5.73 Å². The summed E-state index contributed by atoms with van der Waals surface area (Å²) in [6.07, 6.45) is 0. The third kappa shape index (κ3) is 1.50. The number of rotatable bonds is 1. The standard InChI is InChI=1S/C7H6BrF2N/c8-3-4-5(9)1-2-6(11)7(4)10/h1-2H,3,11H2. The normalized spacial score (nSPS) is 10.1. The van der Waals surface area contributed by atoms with Crippen LogP contribution in [0.1, 0.15) is 5.56 Å². The lowest BCUT2D eigenvalue weighted by molar-refractivity contribution is 0.570. The maximum Gasteiger partial charge on any atom is 0.153 e. The lowest BCUT2D eigenvalue weighted by Gasteiger charge is -2.02. The van der Waals surface area contributed by atoms with Gasteiger partial charge >= 0.3 is 0 Å². The molecule has 1 aromatic carbocycles. The largest absolute Gasteiger partial charge is 0.396 e. The van der Waals surface area contributed by atoms with Gasteiger partial charge in [-0.1, -0.05) is 15.9 Å². The van der Waals surface area contributed by atoms with Crippen molar-refractivity contribution in [3.05, 3.63) is 29.3 Å². The van der Waals surface area contributed by atoms with E-state index in [1.54, 1.807) is 0 Å². The molecule has 0 aliphatic carbocycles. The Balaban J connectivity index is 3.29. The summed E-state index contributed by atoms with van der Waals surface area (Å²) in [6.45, 7) is 0. The molecule has 0 fully saturated rings. The molecule has 0 spiro atoms. The van der Waals surface area contributed by atoms with Crippen LogP contribution in [0.5, 0.6) is 0 Å². The molecular weight excluding hydrogens is 216 g/mol. The van der Waals surface area contributed by atoms with Gasteiger partial charge in [0.25, 0.3) is 0 Å². The molecule has 0 amide bonds. The minimum atomic E-state index is -0.679. The van der Waals surface area contributed by atoms with Crippen LogP contribution in [0, 0.1) is 11.6 Å². The molecule has 0 radical (unpaired) electrons. The first-order valence-corrected chi connectivity index (χ1v) is 4.07. The highest BCUT2D eigenvalue weighted by Gasteiger charge is 2.09. The van der Waals surface area contributed by atoms with Crippen LogP contribution in [0.15, 0.2) is 12.1 Å². The van der Waals surface area contributed by atoms with Crippen molar-refractivity contribution in [2.45, 2.75) is 5.33 Å². The maximum atomic E-state index is 12.9. The predicted molar refractivity (Wildman–Crippen MR) is 43.4 cm³/mol. The summed E-state index contributed by atoms with van der Waals surface area (Å²) in [6, 6.07) is 2.35. The van der Waals surface area contributed by atoms with Crippen molar-refractivity contribution in [3.63, 3.8) is 0 Å². The van der Waals surface area contributed by atoms with Crippen LogP contribution in [0.2, 0.25) is 0 Å². The summed E-state index contributed by atoms with van der Waals surface area (Å²) < 4.78 is 25.6. The fraction of sp³-hybridized carbons (Fsp3) is 0.143. The van der Waals surface area contributed by atoms with E-state index in [9.17, 15) is 8.78 Å². The molecule has 0 saturated heterocycles. The van der Waals surface area contributed by atoms with Gasteiger partial charge in [0.15, 0.2) is 5.82 Å². The molecule has 1 nitrogen and oxygen atoms in total. The van der Waals surface area contributed by atoms with Gasteiger partial charge in [0.2, 0.25) is 0 Å². The van der Waals surface area contributed by atoms with Gasteiger partial charge in [-0.15, -0.1) is 0 Å². The summed E-state index contributed by atoms with van der Waals surface area (Å²) in [5, 5.41) is 0.135. The molecule has 0 bridgehead atoms. The first-order chi connectivity index (χ1) is 5.16. The molecule has 0 aliphatic rings. The van der Waals surface area contributed by atoms with E-state index in [1.807, 2.05) is 0 Å². The molecule has 0 unspecified atom stereocenters. The molecule has 1 rings (SSSR count). The highest BCUT2D eigenvalue weighted by atomic mass is 79.9. The Morgan fingerprint density at radius 3 is 2.45 bits per heavy atom. The molecule has 0 atom stereocenters. The van der Waals surface area contributed by atoms with E-state index in [-0.39, 0.29) is 16.6 Å². The second-order valence-electron chi connectivity index (χ2n) is 2.06. The van der Waals surface area contributed by atoms with Crippen LogP contribution < -0.4 is 5.73 Å². The molecule has 60 valence electrons. The Morgan fingerprint density at radius 1 is 1.36 bits per heavy atom. The van der Waals surface area contributed by atoms with Gasteiger partial charge in [-0.25, -0.2) is 8.78 Å². The molecule has 2 N–H and O–H groups in total. The van der Waals surface area contributed by atoms with Gasteiger partial charge in [-0.2, -0.15) is 0 Å². The fourth-order valence-corrected chi connectivity index (χ4v) is 1.25. The number of hydrogen-bond donors (Lipinski definition) is 1. The molecule has 0 aliphatic heterocycles. The summed E-state index contributed by atoms with van der Waals surface area (Å²) in [4.78, 5) is 0. The molecule has 4 heteroatoms. The van der Waals surface area contributed by atoms with E-state index in [2.05, 4.69) is 15.9 Å². The molecule has 1 aromatic rings. The Morgan fingerprint density at radius 2 is 2.00 bits per heavy atom. The Kier molecular flexibility index (Phi) is 2.44. The third-order valence-electron chi connectivity index (χ3n) is 1.35. The van der Waals surface area contributed by atoms with Crippen LogP contribution in [0.25, 0.3) is 0 Å². The second-order valence-corrected chi connectivity index (χ2v) is 2.62. The number of benzene rings is 1. The lowest BCUT2D eigenvalue weighted by atomic mass is 10.2. The van der Waals surface area contributed by atoms with Crippen molar-refractivity contribution in [2.24, 2.45) is 0 Å². The molecule has 0 saturated carbocycles. The van der Waals surface area contributed by atoms with Crippen molar-refractivity contribution in [1.82, 2.24) is 0 Å². The van der Waals surface area contributed by atoms with E-state index in [0.717, 1.165) is 6.07 Å². The number of nitrogens with two attached hydrogens (primary N) is 1. The van der Waals surface area contributed by atoms with Gasteiger partial charge in [-0.3, -0.25) is 0 Å². The van der Waals surface area contributed by atoms with Crippen LogP contribution in [0.3, 0.4) is 0 Å². The van der Waals surface area contributed by atoms with Crippen LogP contribution in [0.4, 0.5) is 14.5 Å². The monoisotopic (exact) mass is 221 g/mol. The quantitative estimate of drug-likeness (QED) is 0.573. The zero-order valence-electron chi connectivity index (χ0n) is 5.57. The van der Waals surface area contributed by atoms with Crippen LogP contribution >= 0.6 is 15.9 Å². The van der Waals surface area contributed by atoms with Crippen LogP contribution in [-0.2, 0) is 5.33 Å². The van der Waals surface area contributed by atoms with E-state index < -0.39 is 11.6 Å². The highest BCUT2D eigenvalue weighted by molar-refractivity contribution is 9.08. The number of hydrogen-bond acceptors (Lipinski definition) is 1. The number of halogens is 3. The molecule has 0 heterocycles. The predicted octanol–water partition coefficient (Wildman–Crippen LogP) is 2.44. The van der Waals surface area contributed by atoms with E-state index >= 15 is 0 Å². The zero-order valence-corrected chi connectivity index (χ0v) is 7.16. The summed E-state index contributed by atoms with van der Waals surface area (Å²) in [5.41, 5.74) is 5.15. The topological polar surface area (TPSA) is 26.0 Å². The Labute approximate surface area is 71.3 Å². The average Bonchev–Trinajstić information content (AvgIpc) is 1.99. The first kappa shape index (κ1) is 8.46. The summed E-state index contributed by atoms with van der Waals surface area (Å²) in [5.74, 6) is -1.25. The van der Waals surface area contributed by atoms with E-state index in [1.165, 1.54) is 6.07 Å². The zero-order chi connectivity index (χ0) is 8.43. The maximum absolute atomic E-state index is 12.9. The van der Waals surface area contributed by atoms with Crippen molar-refractivity contribution >= 4 is 21.6 Å². The van der Waals surface area contributed by atoms with Crippen molar-refractivity contribution in [3.8, 4) is 0 Å². The summed E-state index contributed by atoms with van der Waals surface area (Å²) >= 11 is 2.96. The minimum absolute atomic E-state index is 0.0231.